The molecule has 0 atom stereocenters. The Morgan fingerprint density at radius 1 is 1.33 bits per heavy atom. The predicted octanol–water partition coefficient (Wildman–Crippen LogP) is 1.56. The van der Waals surface area contributed by atoms with Crippen molar-refractivity contribution in [3.63, 3.8) is 0 Å². The Morgan fingerprint density at radius 2 is 1.67 bits per heavy atom. The first-order chi connectivity index (χ1) is 2.81. The molecule has 0 nitrogen and oxygen atoms in total. The van der Waals surface area contributed by atoms with Crippen molar-refractivity contribution < 1.29 is 19.2 Å². The quantitative estimate of drug-likeness (QED) is 0.503. The van der Waals surface area contributed by atoms with Gasteiger partial charge in [-0.1, -0.05) is 0 Å². The average molecular weight is 134 g/mol. The molecule has 0 saturated heterocycles. The summed E-state index contributed by atoms with van der Waals surface area (Å²) >= 11 is 2.38. The van der Waals surface area contributed by atoms with E-state index in [-0.39, 0.29) is 6.19 Å². The molecule has 2 heteroatoms. The molecule has 0 rings (SSSR count). The van der Waals surface area contributed by atoms with Crippen LogP contribution < -0.4 is 0 Å². The summed E-state index contributed by atoms with van der Waals surface area (Å²) in [6.07, 6.45) is 0.132. The van der Waals surface area contributed by atoms with E-state index in [0.29, 0.717) is 0 Å². The van der Waals surface area contributed by atoms with Crippen LogP contribution in [-0.2, 0) is 19.2 Å². The van der Waals surface area contributed by atoms with Crippen molar-refractivity contribution >= 4 is 6.19 Å². The molecule has 0 aromatic carbocycles. The van der Waals surface area contributed by atoms with Crippen LogP contribution in [0.15, 0.2) is 0 Å². The summed E-state index contributed by atoms with van der Waals surface area (Å²) in [5.74, 6) is 0. The van der Waals surface area contributed by atoms with Crippen LogP contribution in [0, 0.1) is 0 Å². The second-order valence-electron chi connectivity index (χ2n) is 1.31. The van der Waals surface area contributed by atoms with Gasteiger partial charge in [-0.25, -0.2) is 0 Å². The molecule has 0 fully saturated rings. The van der Waals surface area contributed by atoms with Crippen molar-refractivity contribution in [2.24, 2.45) is 0 Å². The third kappa shape index (κ3) is 3.13. The van der Waals surface area contributed by atoms with Gasteiger partial charge in [0, 0.05) is 0 Å². The summed E-state index contributed by atoms with van der Waals surface area (Å²) < 4.78 is 0. The Bertz CT molecular complexity index is 45.5. The van der Waals surface area contributed by atoms with Gasteiger partial charge in [-0.15, -0.1) is 0 Å². The van der Waals surface area contributed by atoms with Crippen LogP contribution in [-0.4, -0.2) is 6.19 Å². The van der Waals surface area contributed by atoms with Gasteiger partial charge in [0.15, 0.2) is 0 Å². The van der Waals surface area contributed by atoms with Gasteiger partial charge in [-0.3, -0.25) is 0 Å². The number of rotatable bonds is 2. The third-order valence-electron chi connectivity index (χ3n) is 0.854. The van der Waals surface area contributed by atoms with Crippen LogP contribution in [0.2, 0.25) is 12.1 Å². The van der Waals surface area contributed by atoms with Crippen LogP contribution >= 0.6 is 0 Å². The number of hydrogen-bond acceptors (Lipinski definition) is 0. The first kappa shape index (κ1) is 6.93. The molecule has 0 aromatic rings. The zero-order valence-corrected chi connectivity index (χ0v) is 6.98. The van der Waals surface area contributed by atoms with E-state index in [1.165, 1.54) is 12.1 Å². The SMILES string of the molecule is CC[Si](=[Ti+])CC. The Morgan fingerprint density at radius 3 is 1.67 bits per heavy atom. The van der Waals surface area contributed by atoms with Gasteiger partial charge < -0.3 is 0 Å². The first-order valence-electron chi connectivity index (χ1n) is 2.37. The Kier molecular flexibility index (Phi) is 4.74. The molecule has 0 aliphatic carbocycles. The summed E-state index contributed by atoms with van der Waals surface area (Å²) in [5, 5.41) is 0. The minimum atomic E-state index is 0.132. The average Bonchev–Trinajstić information content (AvgIpc) is 1.65. The molecule has 0 saturated carbocycles. The maximum atomic E-state index is 2.38. The fourth-order valence-electron chi connectivity index (χ4n) is 0.250. The van der Waals surface area contributed by atoms with E-state index >= 15 is 0 Å². The van der Waals surface area contributed by atoms with Gasteiger partial charge in [0.25, 0.3) is 0 Å². The van der Waals surface area contributed by atoms with E-state index in [1.807, 2.05) is 0 Å². The molecular formula is C4H10SiTi+. The normalized spacial score (nSPS) is 8.67. The number of hydrogen-bond donors (Lipinski definition) is 0. The van der Waals surface area contributed by atoms with Gasteiger partial charge in [0.1, 0.15) is 0 Å². The van der Waals surface area contributed by atoms with E-state index in [9.17, 15) is 0 Å². The molecule has 0 radical (unpaired) electrons. The summed E-state index contributed by atoms with van der Waals surface area (Å²) in [5.41, 5.74) is 0. The van der Waals surface area contributed by atoms with Crippen molar-refractivity contribution in [2.45, 2.75) is 25.9 Å². The Balaban J connectivity index is 2.99. The fourth-order valence-corrected chi connectivity index (χ4v) is 0.750. The van der Waals surface area contributed by atoms with Gasteiger partial charge >= 0.3 is 51.3 Å². The van der Waals surface area contributed by atoms with Crippen LogP contribution in [0.25, 0.3) is 0 Å². The summed E-state index contributed by atoms with van der Waals surface area (Å²) in [6, 6.07) is 2.86. The van der Waals surface area contributed by atoms with Crippen LogP contribution in [0.4, 0.5) is 0 Å². The zero-order valence-electron chi connectivity index (χ0n) is 4.41. The molecule has 0 unspecified atom stereocenters. The first-order valence-corrected chi connectivity index (χ1v) is 6.63. The topological polar surface area (TPSA) is 0 Å². The molecule has 0 heterocycles. The molecular weight excluding hydrogens is 124 g/mol. The van der Waals surface area contributed by atoms with E-state index in [4.69, 9.17) is 0 Å². The summed E-state index contributed by atoms with van der Waals surface area (Å²) in [4.78, 5) is 0. The maximum absolute atomic E-state index is 2.38. The standard InChI is InChI=1S/C4H10Si.Ti/c1-3-5-4-2;/h3-4H2,1-2H3;/q;+1. The van der Waals surface area contributed by atoms with Gasteiger partial charge in [0.2, 0.25) is 0 Å². The molecule has 0 spiro atoms. The molecule has 0 N–H and O–H groups in total. The monoisotopic (exact) mass is 134 g/mol. The second kappa shape index (κ2) is 4.10. The molecule has 0 aliphatic rings. The predicted molar refractivity (Wildman–Crippen MR) is 26.7 cm³/mol. The van der Waals surface area contributed by atoms with Crippen LogP contribution in [0.1, 0.15) is 13.8 Å². The fraction of sp³-hybridized carbons (Fsp3) is 1.00. The van der Waals surface area contributed by atoms with E-state index < -0.39 is 0 Å². The zero-order chi connectivity index (χ0) is 4.99. The molecule has 0 amide bonds. The Hall–Kier alpha value is 0.931. The molecule has 0 aliphatic heterocycles. The van der Waals surface area contributed by atoms with E-state index in [1.54, 1.807) is 0 Å². The molecule has 6 heavy (non-hydrogen) atoms. The molecule has 0 aromatic heterocycles. The molecule has 33 valence electrons. The minimum absolute atomic E-state index is 0.132. The molecule has 0 bridgehead atoms. The van der Waals surface area contributed by atoms with Crippen molar-refractivity contribution in [1.29, 1.82) is 0 Å². The van der Waals surface area contributed by atoms with Crippen molar-refractivity contribution in [1.82, 2.24) is 0 Å². The third-order valence-corrected chi connectivity index (χ3v) is 5.87. The van der Waals surface area contributed by atoms with Crippen molar-refractivity contribution in [3.05, 3.63) is 0 Å². The van der Waals surface area contributed by atoms with Crippen LogP contribution in [0.5, 0.6) is 0 Å². The van der Waals surface area contributed by atoms with Gasteiger partial charge in [-0.05, 0) is 0 Å². The van der Waals surface area contributed by atoms with Crippen molar-refractivity contribution in [3.8, 4) is 0 Å². The van der Waals surface area contributed by atoms with Gasteiger partial charge in [0.05, 0.1) is 0 Å². The van der Waals surface area contributed by atoms with E-state index in [2.05, 4.69) is 33.0 Å². The Labute approximate surface area is 51.5 Å². The summed E-state index contributed by atoms with van der Waals surface area (Å²) in [7, 11) is 0. The van der Waals surface area contributed by atoms with Crippen molar-refractivity contribution in [2.75, 3.05) is 0 Å². The van der Waals surface area contributed by atoms with Gasteiger partial charge in [-0.2, -0.15) is 0 Å². The summed E-state index contributed by atoms with van der Waals surface area (Å²) in [6.45, 7) is 4.55. The van der Waals surface area contributed by atoms with E-state index in [0.717, 1.165) is 0 Å². The van der Waals surface area contributed by atoms with Crippen LogP contribution in [0.3, 0.4) is 0 Å². The second-order valence-corrected chi connectivity index (χ2v) is 7.24.